The second kappa shape index (κ2) is 11.4. The second-order valence-corrected chi connectivity index (χ2v) is 10.4. The van der Waals surface area contributed by atoms with Crippen molar-refractivity contribution in [2.45, 2.75) is 40.3 Å². The molecule has 0 amide bonds. The van der Waals surface area contributed by atoms with Crippen molar-refractivity contribution in [1.29, 1.82) is 0 Å². The van der Waals surface area contributed by atoms with E-state index in [0.29, 0.717) is 44.6 Å². The summed E-state index contributed by atoms with van der Waals surface area (Å²) in [4.78, 5) is 14.1. The Morgan fingerprint density at radius 2 is 1.89 bits per heavy atom. The predicted octanol–water partition coefficient (Wildman–Crippen LogP) is 5.28. The minimum atomic E-state index is -0.226. The van der Waals surface area contributed by atoms with Crippen molar-refractivity contribution in [3.63, 3.8) is 0 Å². The van der Waals surface area contributed by atoms with Crippen molar-refractivity contribution in [2.24, 2.45) is 5.92 Å². The Morgan fingerprint density at radius 1 is 1.08 bits per heavy atom. The lowest BCUT2D eigenvalue weighted by Gasteiger charge is -2.29. The van der Waals surface area contributed by atoms with Gasteiger partial charge in [-0.15, -0.1) is 0 Å². The zero-order chi connectivity index (χ0) is 26.6. The Morgan fingerprint density at radius 3 is 2.71 bits per heavy atom. The Hall–Kier alpha value is -3.71. The van der Waals surface area contributed by atoms with E-state index in [9.17, 15) is 9.90 Å². The van der Waals surface area contributed by atoms with Gasteiger partial charge in [0.1, 0.15) is 31.3 Å². The van der Waals surface area contributed by atoms with Gasteiger partial charge in [-0.3, -0.25) is 9.69 Å². The van der Waals surface area contributed by atoms with Gasteiger partial charge in [-0.25, -0.2) is 0 Å². The summed E-state index contributed by atoms with van der Waals surface area (Å²) >= 11 is 0. The summed E-state index contributed by atoms with van der Waals surface area (Å²) in [6.45, 7) is 9.52. The Kier molecular flexibility index (Phi) is 7.74. The van der Waals surface area contributed by atoms with E-state index in [2.05, 4.69) is 25.1 Å². The van der Waals surface area contributed by atoms with Gasteiger partial charge in [-0.05, 0) is 65.3 Å². The first-order valence-corrected chi connectivity index (χ1v) is 13.2. The van der Waals surface area contributed by atoms with Crippen molar-refractivity contribution in [3.05, 3.63) is 70.8 Å². The molecule has 200 valence electrons. The Bertz CT molecular complexity index is 1320. The smallest absolute Gasteiger partial charge is 0.320 e. The van der Waals surface area contributed by atoms with Gasteiger partial charge in [0.05, 0.1) is 13.2 Å². The lowest BCUT2D eigenvalue weighted by molar-refractivity contribution is -0.146. The number of fused-ring (bicyclic) bond motifs is 2. The number of rotatable bonds is 8. The molecule has 0 saturated heterocycles. The number of esters is 1. The van der Waals surface area contributed by atoms with Crippen LogP contribution in [0, 0.1) is 12.8 Å². The van der Waals surface area contributed by atoms with E-state index >= 15 is 0 Å². The average Bonchev–Trinajstić information content (AvgIpc) is 2.91. The van der Waals surface area contributed by atoms with Gasteiger partial charge in [0.2, 0.25) is 0 Å². The van der Waals surface area contributed by atoms with Crippen LogP contribution in [0.2, 0.25) is 0 Å². The van der Waals surface area contributed by atoms with E-state index in [4.69, 9.17) is 18.9 Å². The van der Waals surface area contributed by atoms with Crippen molar-refractivity contribution in [3.8, 4) is 34.1 Å². The minimum Gasteiger partial charge on any atom is -0.507 e. The molecule has 7 nitrogen and oxygen atoms in total. The van der Waals surface area contributed by atoms with Crippen LogP contribution >= 0.6 is 0 Å². The molecule has 0 bridgehead atoms. The average molecular weight is 518 g/mol. The molecule has 5 rings (SSSR count). The van der Waals surface area contributed by atoms with Gasteiger partial charge in [0.25, 0.3) is 0 Å². The van der Waals surface area contributed by atoms with Crippen molar-refractivity contribution >= 4 is 5.97 Å². The first-order valence-electron chi connectivity index (χ1n) is 13.2. The molecule has 3 aromatic rings. The van der Waals surface area contributed by atoms with E-state index < -0.39 is 0 Å². The molecule has 0 aliphatic carbocycles. The predicted molar refractivity (Wildman–Crippen MR) is 145 cm³/mol. The van der Waals surface area contributed by atoms with Crippen molar-refractivity contribution in [2.75, 3.05) is 32.9 Å². The van der Waals surface area contributed by atoms with E-state index in [0.717, 1.165) is 57.8 Å². The van der Waals surface area contributed by atoms with Crippen molar-refractivity contribution in [1.82, 2.24) is 4.90 Å². The lowest BCUT2D eigenvalue weighted by Crippen LogP contribution is -2.36. The minimum absolute atomic E-state index is 0.194. The largest absolute Gasteiger partial charge is 0.507 e. The van der Waals surface area contributed by atoms with Gasteiger partial charge >= 0.3 is 5.97 Å². The first kappa shape index (κ1) is 25.9. The third kappa shape index (κ3) is 5.89. The number of carbonyl (C=O) groups excluding carboxylic acids is 1. The number of phenols is 1. The normalized spacial score (nSPS) is 14.7. The third-order valence-electron chi connectivity index (χ3n) is 7.00. The van der Waals surface area contributed by atoms with Crippen LogP contribution < -0.4 is 14.2 Å². The highest BCUT2D eigenvalue weighted by Crippen LogP contribution is 2.37. The zero-order valence-electron chi connectivity index (χ0n) is 22.3. The number of ether oxygens (including phenoxy) is 4. The summed E-state index contributed by atoms with van der Waals surface area (Å²) in [5, 5.41) is 10.8. The molecule has 3 aromatic carbocycles. The van der Waals surface area contributed by atoms with Crippen LogP contribution in [0.4, 0.5) is 0 Å². The maximum Gasteiger partial charge on any atom is 0.320 e. The van der Waals surface area contributed by atoms with Crippen LogP contribution in [-0.4, -0.2) is 48.9 Å². The molecule has 2 aliphatic heterocycles. The maximum atomic E-state index is 12.1. The van der Waals surface area contributed by atoms with Crippen LogP contribution in [0.3, 0.4) is 0 Å². The fraction of sp³-hybridized carbons (Fsp3) is 0.387. The van der Waals surface area contributed by atoms with E-state index in [1.807, 2.05) is 43.0 Å². The number of nitrogens with zero attached hydrogens (tertiary/aromatic N) is 1. The number of hydrogen-bond donors (Lipinski definition) is 1. The fourth-order valence-electron chi connectivity index (χ4n) is 4.90. The van der Waals surface area contributed by atoms with E-state index in [-0.39, 0.29) is 18.3 Å². The summed E-state index contributed by atoms with van der Waals surface area (Å²) in [5.41, 5.74) is 6.28. The molecule has 0 unspecified atom stereocenters. The maximum absolute atomic E-state index is 12.1. The molecular formula is C31H35NO6. The number of aromatic hydroxyl groups is 1. The standard InChI is InChI=1S/C31H35NO6/c1-20(2)18-38-31(34)17-32-10-9-23-13-25(15-28(33)27(23)16-32)37-19-24-5-4-6-26(21(24)3)22-7-8-29-30(14-22)36-12-11-35-29/h4-8,13-15,20,33H,9-12,16-19H2,1-3H3. The van der Waals surface area contributed by atoms with Crippen LogP contribution in [0.25, 0.3) is 11.1 Å². The SMILES string of the molecule is Cc1c(COc2cc(O)c3c(c2)CCN(CC(=O)OCC(C)C)C3)cccc1-c1ccc2c(c1)OCCO2. The molecule has 0 spiro atoms. The van der Waals surface area contributed by atoms with Crippen molar-refractivity contribution < 1.29 is 28.8 Å². The Labute approximate surface area is 223 Å². The molecule has 0 fully saturated rings. The summed E-state index contributed by atoms with van der Waals surface area (Å²) in [7, 11) is 0. The van der Waals surface area contributed by atoms with E-state index in [1.54, 1.807) is 6.07 Å². The number of benzene rings is 3. The summed E-state index contributed by atoms with van der Waals surface area (Å²) < 4.78 is 22.9. The molecule has 0 saturated carbocycles. The number of phenolic OH excluding ortho intramolecular Hbond substituents is 1. The molecule has 38 heavy (non-hydrogen) atoms. The van der Waals surface area contributed by atoms with Gasteiger partial charge in [-0.2, -0.15) is 0 Å². The van der Waals surface area contributed by atoms with Crippen LogP contribution in [0.5, 0.6) is 23.0 Å². The van der Waals surface area contributed by atoms with Crippen LogP contribution in [-0.2, 0) is 29.1 Å². The molecule has 0 aromatic heterocycles. The lowest BCUT2D eigenvalue weighted by atomic mass is 9.96. The molecule has 0 atom stereocenters. The van der Waals surface area contributed by atoms with E-state index in [1.165, 1.54) is 0 Å². The van der Waals surface area contributed by atoms with Gasteiger partial charge < -0.3 is 24.1 Å². The molecule has 2 heterocycles. The number of hydrogen-bond acceptors (Lipinski definition) is 7. The quantitative estimate of drug-likeness (QED) is 0.408. The molecule has 7 heteroatoms. The topological polar surface area (TPSA) is 77.5 Å². The summed E-state index contributed by atoms with van der Waals surface area (Å²) in [6.07, 6.45) is 0.732. The molecule has 2 aliphatic rings. The highest BCUT2D eigenvalue weighted by molar-refractivity contribution is 5.72. The zero-order valence-corrected chi connectivity index (χ0v) is 22.3. The molecular weight excluding hydrogens is 482 g/mol. The van der Waals surface area contributed by atoms with Gasteiger partial charge in [-0.1, -0.05) is 38.1 Å². The van der Waals surface area contributed by atoms with Gasteiger partial charge in [0, 0.05) is 24.7 Å². The fourth-order valence-corrected chi connectivity index (χ4v) is 4.90. The highest BCUT2D eigenvalue weighted by Gasteiger charge is 2.23. The monoisotopic (exact) mass is 517 g/mol. The first-order chi connectivity index (χ1) is 18.4. The summed E-state index contributed by atoms with van der Waals surface area (Å²) in [5.74, 6) is 2.46. The third-order valence-corrected chi connectivity index (χ3v) is 7.00. The molecule has 0 radical (unpaired) electrons. The number of carbonyl (C=O) groups is 1. The highest BCUT2D eigenvalue weighted by atomic mass is 16.6. The van der Waals surface area contributed by atoms with Crippen LogP contribution in [0.1, 0.15) is 36.1 Å². The summed E-state index contributed by atoms with van der Waals surface area (Å²) in [6, 6.07) is 15.9. The second-order valence-electron chi connectivity index (χ2n) is 10.4. The van der Waals surface area contributed by atoms with Gasteiger partial charge in [0.15, 0.2) is 11.5 Å². The molecule has 1 N–H and O–H groups in total. The van der Waals surface area contributed by atoms with Crippen LogP contribution in [0.15, 0.2) is 48.5 Å². The Balaban J connectivity index is 1.25.